The van der Waals surface area contributed by atoms with Crippen molar-refractivity contribution in [2.75, 3.05) is 18.5 Å². The molecule has 0 amide bonds. The summed E-state index contributed by atoms with van der Waals surface area (Å²) in [7, 11) is 0. The van der Waals surface area contributed by atoms with Crippen LogP contribution < -0.4 is 5.32 Å². The fourth-order valence-electron chi connectivity index (χ4n) is 1.24. The first-order chi connectivity index (χ1) is 8.01. The second kappa shape index (κ2) is 6.44. The maximum atomic E-state index is 11.8. The number of pyridine rings is 1. The maximum absolute atomic E-state index is 11.8. The summed E-state index contributed by atoms with van der Waals surface area (Å²) in [5, 5.41) is 3.09. The third kappa shape index (κ3) is 6.11. The minimum Gasteiger partial charge on any atom is -0.385 e. The van der Waals surface area contributed by atoms with Gasteiger partial charge in [-0.25, -0.2) is 0 Å². The van der Waals surface area contributed by atoms with Gasteiger partial charge >= 0.3 is 6.18 Å². The maximum Gasteiger partial charge on any atom is 0.391 e. The van der Waals surface area contributed by atoms with Crippen molar-refractivity contribution >= 4 is 5.69 Å². The number of halogens is 3. The molecule has 0 radical (unpaired) electrons. The Kier molecular flexibility index (Phi) is 5.21. The van der Waals surface area contributed by atoms with E-state index in [1.807, 2.05) is 6.92 Å². The third-order valence-electron chi connectivity index (χ3n) is 1.98. The third-order valence-corrected chi connectivity index (χ3v) is 1.98. The van der Waals surface area contributed by atoms with Crippen LogP contribution in [0.5, 0.6) is 0 Å². The summed E-state index contributed by atoms with van der Waals surface area (Å²) in [6.45, 7) is 2.49. The Morgan fingerprint density at radius 1 is 1.41 bits per heavy atom. The molecule has 1 aromatic rings. The highest BCUT2D eigenvalue weighted by Crippen LogP contribution is 2.19. The molecule has 17 heavy (non-hydrogen) atoms. The number of hydrogen-bond acceptors (Lipinski definition) is 3. The molecule has 0 aliphatic rings. The van der Waals surface area contributed by atoms with E-state index in [1.54, 1.807) is 18.3 Å². The van der Waals surface area contributed by atoms with Crippen molar-refractivity contribution in [2.45, 2.75) is 26.1 Å². The number of anilines is 1. The summed E-state index contributed by atoms with van der Waals surface area (Å²) in [6.07, 6.45) is -3.50. The van der Waals surface area contributed by atoms with E-state index in [9.17, 15) is 13.2 Å². The van der Waals surface area contributed by atoms with E-state index >= 15 is 0 Å². The lowest BCUT2D eigenvalue weighted by atomic mass is 10.3. The number of hydrogen-bond donors (Lipinski definition) is 1. The van der Waals surface area contributed by atoms with E-state index in [1.165, 1.54) is 0 Å². The summed E-state index contributed by atoms with van der Waals surface area (Å²) in [4.78, 5) is 4.01. The van der Waals surface area contributed by atoms with E-state index in [0.717, 1.165) is 12.2 Å². The summed E-state index contributed by atoms with van der Waals surface area (Å²) >= 11 is 0. The first-order valence-electron chi connectivity index (χ1n) is 5.34. The Morgan fingerprint density at radius 3 is 2.82 bits per heavy atom. The van der Waals surface area contributed by atoms with Gasteiger partial charge in [0.1, 0.15) is 0 Å². The van der Waals surface area contributed by atoms with Gasteiger partial charge in [0.15, 0.2) is 0 Å². The van der Waals surface area contributed by atoms with Crippen molar-refractivity contribution in [1.82, 2.24) is 4.98 Å². The molecule has 0 fully saturated rings. The zero-order chi connectivity index (χ0) is 12.7. The SMILES string of the molecule is CCNc1ccnc(COCCC(F)(F)F)c1. The summed E-state index contributed by atoms with van der Waals surface area (Å²) in [5.41, 5.74) is 1.50. The lowest BCUT2D eigenvalue weighted by molar-refractivity contribution is -0.146. The van der Waals surface area contributed by atoms with Crippen LogP contribution >= 0.6 is 0 Å². The van der Waals surface area contributed by atoms with Crippen molar-refractivity contribution < 1.29 is 17.9 Å². The normalized spacial score (nSPS) is 11.5. The molecular formula is C11H15F3N2O. The summed E-state index contributed by atoms with van der Waals surface area (Å²) < 4.78 is 40.4. The molecule has 0 aliphatic carbocycles. The van der Waals surface area contributed by atoms with Gasteiger partial charge in [-0.15, -0.1) is 0 Å². The number of ether oxygens (including phenoxy) is 1. The zero-order valence-electron chi connectivity index (χ0n) is 9.55. The van der Waals surface area contributed by atoms with Gasteiger partial charge < -0.3 is 10.1 Å². The van der Waals surface area contributed by atoms with Crippen LogP contribution in [0.25, 0.3) is 0 Å². The van der Waals surface area contributed by atoms with Gasteiger partial charge in [0.05, 0.1) is 25.3 Å². The van der Waals surface area contributed by atoms with Gasteiger partial charge in [-0.1, -0.05) is 0 Å². The van der Waals surface area contributed by atoms with E-state index in [-0.39, 0.29) is 13.2 Å². The van der Waals surface area contributed by atoms with Crippen LogP contribution in [0.3, 0.4) is 0 Å². The molecule has 0 aromatic carbocycles. The monoisotopic (exact) mass is 248 g/mol. The number of nitrogens with zero attached hydrogens (tertiary/aromatic N) is 1. The van der Waals surface area contributed by atoms with Gasteiger partial charge in [0, 0.05) is 18.4 Å². The fraction of sp³-hybridized carbons (Fsp3) is 0.545. The van der Waals surface area contributed by atoms with E-state index < -0.39 is 12.6 Å². The topological polar surface area (TPSA) is 34.2 Å². The standard InChI is InChI=1S/C11H15F3N2O/c1-2-15-9-3-5-16-10(7-9)8-17-6-4-11(12,13)14/h3,5,7H,2,4,6,8H2,1H3,(H,15,16). The molecule has 1 rings (SSSR count). The van der Waals surface area contributed by atoms with Crippen LogP contribution in [0.2, 0.25) is 0 Å². The second-order valence-electron chi connectivity index (χ2n) is 3.48. The van der Waals surface area contributed by atoms with Crippen LogP contribution in [0.15, 0.2) is 18.3 Å². The Bertz CT molecular complexity index is 342. The molecule has 0 atom stereocenters. The molecule has 0 bridgehead atoms. The first kappa shape index (κ1) is 13.8. The molecule has 0 aliphatic heterocycles. The molecule has 1 aromatic heterocycles. The lowest BCUT2D eigenvalue weighted by Gasteiger charge is -2.08. The number of alkyl halides is 3. The van der Waals surface area contributed by atoms with Crippen LogP contribution in [-0.2, 0) is 11.3 Å². The average Bonchev–Trinajstić information content (AvgIpc) is 2.24. The predicted octanol–water partition coefficient (Wildman–Crippen LogP) is 2.98. The van der Waals surface area contributed by atoms with Crippen LogP contribution in [0.1, 0.15) is 19.0 Å². The van der Waals surface area contributed by atoms with E-state index in [0.29, 0.717) is 5.69 Å². The summed E-state index contributed by atoms with van der Waals surface area (Å²) in [5.74, 6) is 0. The molecule has 0 saturated heterocycles. The van der Waals surface area contributed by atoms with Gasteiger partial charge in [-0.05, 0) is 19.1 Å². The van der Waals surface area contributed by atoms with Crippen molar-refractivity contribution in [3.63, 3.8) is 0 Å². The highest BCUT2D eigenvalue weighted by molar-refractivity contribution is 5.42. The molecule has 0 saturated carbocycles. The Hall–Kier alpha value is -1.30. The largest absolute Gasteiger partial charge is 0.391 e. The van der Waals surface area contributed by atoms with Gasteiger partial charge in [-0.3, -0.25) is 4.98 Å². The van der Waals surface area contributed by atoms with Gasteiger partial charge in [0.25, 0.3) is 0 Å². The van der Waals surface area contributed by atoms with Gasteiger partial charge in [-0.2, -0.15) is 13.2 Å². The van der Waals surface area contributed by atoms with Crippen LogP contribution in [-0.4, -0.2) is 24.3 Å². The highest BCUT2D eigenvalue weighted by atomic mass is 19.4. The fourth-order valence-corrected chi connectivity index (χ4v) is 1.24. The smallest absolute Gasteiger partial charge is 0.385 e. The first-order valence-corrected chi connectivity index (χ1v) is 5.34. The highest BCUT2D eigenvalue weighted by Gasteiger charge is 2.26. The Balaban J connectivity index is 2.34. The lowest BCUT2D eigenvalue weighted by Crippen LogP contribution is -2.11. The number of nitrogens with one attached hydrogen (secondary N) is 1. The van der Waals surface area contributed by atoms with Crippen molar-refractivity contribution in [1.29, 1.82) is 0 Å². The van der Waals surface area contributed by atoms with Crippen LogP contribution in [0.4, 0.5) is 18.9 Å². The van der Waals surface area contributed by atoms with Crippen LogP contribution in [0, 0.1) is 0 Å². The predicted molar refractivity (Wildman–Crippen MR) is 58.7 cm³/mol. The number of rotatable bonds is 6. The molecule has 3 nitrogen and oxygen atoms in total. The number of aromatic nitrogens is 1. The van der Waals surface area contributed by atoms with Gasteiger partial charge in [0.2, 0.25) is 0 Å². The molecular weight excluding hydrogens is 233 g/mol. The minimum absolute atomic E-state index is 0.0926. The molecule has 96 valence electrons. The molecule has 0 unspecified atom stereocenters. The van der Waals surface area contributed by atoms with Crippen molar-refractivity contribution in [2.24, 2.45) is 0 Å². The molecule has 0 spiro atoms. The Morgan fingerprint density at radius 2 is 2.18 bits per heavy atom. The molecule has 1 heterocycles. The van der Waals surface area contributed by atoms with Crippen molar-refractivity contribution in [3.05, 3.63) is 24.0 Å². The second-order valence-corrected chi connectivity index (χ2v) is 3.48. The Labute approximate surface area is 98.0 Å². The quantitative estimate of drug-likeness (QED) is 0.786. The average molecular weight is 248 g/mol. The van der Waals surface area contributed by atoms with E-state index in [4.69, 9.17) is 4.74 Å². The zero-order valence-corrected chi connectivity index (χ0v) is 9.55. The summed E-state index contributed by atoms with van der Waals surface area (Å²) in [6, 6.07) is 3.56. The van der Waals surface area contributed by atoms with E-state index in [2.05, 4.69) is 10.3 Å². The molecule has 1 N–H and O–H groups in total. The van der Waals surface area contributed by atoms with Crippen molar-refractivity contribution in [3.8, 4) is 0 Å². The minimum atomic E-state index is -4.17. The molecule has 6 heteroatoms.